The highest BCUT2D eigenvalue weighted by Gasteiger charge is 2.30. The van der Waals surface area contributed by atoms with Gasteiger partial charge in [0.05, 0.1) is 18.7 Å². The smallest absolute Gasteiger partial charge is 0.231 e. The second-order valence-corrected chi connectivity index (χ2v) is 6.76. The van der Waals surface area contributed by atoms with Gasteiger partial charge in [0, 0.05) is 17.7 Å². The van der Waals surface area contributed by atoms with Gasteiger partial charge < -0.3 is 10.6 Å². The first-order valence-corrected chi connectivity index (χ1v) is 8.89. The van der Waals surface area contributed by atoms with Crippen LogP contribution in [0.1, 0.15) is 12.0 Å². The van der Waals surface area contributed by atoms with Gasteiger partial charge in [-0.2, -0.15) is 5.10 Å². The summed E-state index contributed by atoms with van der Waals surface area (Å²) in [5, 5.41) is 10.2. The molecular formula is C21H20N4O2. The van der Waals surface area contributed by atoms with Crippen LogP contribution in [0, 0.1) is 12.8 Å². The molecule has 0 unspecified atom stereocenters. The van der Waals surface area contributed by atoms with Gasteiger partial charge in [-0.15, -0.1) is 0 Å². The first-order chi connectivity index (χ1) is 13.1. The third-order valence-electron chi connectivity index (χ3n) is 4.66. The summed E-state index contributed by atoms with van der Waals surface area (Å²) in [5.41, 5.74) is 3.68. The second-order valence-electron chi connectivity index (χ2n) is 6.76. The van der Waals surface area contributed by atoms with Crippen molar-refractivity contribution in [2.24, 2.45) is 5.92 Å². The van der Waals surface area contributed by atoms with Gasteiger partial charge in [-0.25, -0.2) is 4.68 Å². The summed E-state index contributed by atoms with van der Waals surface area (Å²) >= 11 is 0. The van der Waals surface area contributed by atoms with Gasteiger partial charge in [-0.1, -0.05) is 42.5 Å². The van der Waals surface area contributed by atoms with Crippen LogP contribution in [0.5, 0.6) is 0 Å². The SMILES string of the molecule is Cc1cccc(NC(=O)C[C@@H]2Cn3ncc(-c4ccccc4)c3NC2=O)c1. The zero-order valence-corrected chi connectivity index (χ0v) is 15.0. The Morgan fingerprint density at radius 2 is 2.04 bits per heavy atom. The molecule has 1 atom stereocenters. The van der Waals surface area contributed by atoms with Crippen LogP contribution < -0.4 is 10.6 Å². The van der Waals surface area contributed by atoms with Crippen LogP contribution in [0.25, 0.3) is 11.1 Å². The molecule has 27 heavy (non-hydrogen) atoms. The Balaban J connectivity index is 1.47. The largest absolute Gasteiger partial charge is 0.326 e. The van der Waals surface area contributed by atoms with Crippen LogP contribution in [0.3, 0.4) is 0 Å². The van der Waals surface area contributed by atoms with E-state index in [0.29, 0.717) is 12.4 Å². The number of benzene rings is 2. The van der Waals surface area contributed by atoms with Crippen molar-refractivity contribution in [2.75, 3.05) is 10.6 Å². The van der Waals surface area contributed by atoms with E-state index < -0.39 is 5.92 Å². The fourth-order valence-electron chi connectivity index (χ4n) is 3.31. The monoisotopic (exact) mass is 360 g/mol. The Hall–Kier alpha value is -3.41. The minimum Gasteiger partial charge on any atom is -0.326 e. The summed E-state index contributed by atoms with van der Waals surface area (Å²) in [6.07, 6.45) is 1.86. The summed E-state index contributed by atoms with van der Waals surface area (Å²) in [5.74, 6) is -0.105. The van der Waals surface area contributed by atoms with Crippen LogP contribution in [0.4, 0.5) is 11.5 Å². The molecule has 136 valence electrons. The average Bonchev–Trinajstić information content (AvgIpc) is 3.05. The van der Waals surface area contributed by atoms with Crippen molar-refractivity contribution in [2.45, 2.75) is 19.9 Å². The molecular weight excluding hydrogens is 340 g/mol. The molecule has 1 aliphatic heterocycles. The molecule has 6 nitrogen and oxygen atoms in total. The second kappa shape index (κ2) is 7.07. The predicted molar refractivity (Wildman–Crippen MR) is 104 cm³/mol. The molecule has 0 spiro atoms. The summed E-state index contributed by atoms with van der Waals surface area (Å²) in [7, 11) is 0. The molecule has 0 saturated carbocycles. The maximum absolute atomic E-state index is 12.5. The lowest BCUT2D eigenvalue weighted by atomic mass is 10.0. The number of amides is 2. The fourth-order valence-corrected chi connectivity index (χ4v) is 3.31. The van der Waals surface area contributed by atoms with E-state index in [9.17, 15) is 9.59 Å². The number of hydrogen-bond donors (Lipinski definition) is 2. The third kappa shape index (κ3) is 3.60. The van der Waals surface area contributed by atoms with Gasteiger partial charge in [-0.05, 0) is 30.2 Å². The number of aryl methyl sites for hydroxylation is 1. The Morgan fingerprint density at radius 1 is 1.22 bits per heavy atom. The number of anilines is 2. The maximum atomic E-state index is 12.5. The van der Waals surface area contributed by atoms with Crippen molar-refractivity contribution in [1.82, 2.24) is 9.78 Å². The van der Waals surface area contributed by atoms with Crippen molar-refractivity contribution in [3.63, 3.8) is 0 Å². The predicted octanol–water partition coefficient (Wildman–Crippen LogP) is 3.46. The quantitative estimate of drug-likeness (QED) is 0.748. The van der Waals surface area contributed by atoms with Gasteiger partial charge in [0.15, 0.2) is 0 Å². The normalized spacial score (nSPS) is 15.7. The topological polar surface area (TPSA) is 76.0 Å². The number of hydrogen-bond acceptors (Lipinski definition) is 3. The highest BCUT2D eigenvalue weighted by Crippen LogP contribution is 2.31. The molecule has 0 radical (unpaired) electrons. The van der Waals surface area contributed by atoms with E-state index >= 15 is 0 Å². The number of carbonyl (C=O) groups is 2. The average molecular weight is 360 g/mol. The number of aromatic nitrogens is 2. The Bertz CT molecular complexity index is 994. The van der Waals surface area contributed by atoms with Gasteiger partial charge in [0.25, 0.3) is 0 Å². The van der Waals surface area contributed by atoms with E-state index in [-0.39, 0.29) is 18.2 Å². The molecule has 0 fully saturated rings. The van der Waals surface area contributed by atoms with Crippen LogP contribution in [0.15, 0.2) is 60.8 Å². The Kier molecular flexibility index (Phi) is 4.46. The van der Waals surface area contributed by atoms with E-state index in [1.54, 1.807) is 10.9 Å². The van der Waals surface area contributed by atoms with E-state index in [0.717, 1.165) is 22.4 Å². The summed E-state index contributed by atoms with van der Waals surface area (Å²) < 4.78 is 1.76. The lowest BCUT2D eigenvalue weighted by Crippen LogP contribution is -2.36. The lowest BCUT2D eigenvalue weighted by Gasteiger charge is -2.24. The number of fused-ring (bicyclic) bond motifs is 1. The number of rotatable bonds is 4. The Labute approximate surface area is 157 Å². The Morgan fingerprint density at radius 3 is 2.81 bits per heavy atom. The molecule has 2 amide bonds. The highest BCUT2D eigenvalue weighted by molar-refractivity contribution is 6.00. The maximum Gasteiger partial charge on any atom is 0.231 e. The van der Waals surface area contributed by atoms with Crippen molar-refractivity contribution in [3.8, 4) is 11.1 Å². The van der Waals surface area contributed by atoms with Gasteiger partial charge in [0.2, 0.25) is 11.8 Å². The molecule has 2 N–H and O–H groups in total. The highest BCUT2D eigenvalue weighted by atomic mass is 16.2. The zero-order valence-electron chi connectivity index (χ0n) is 15.0. The summed E-state index contributed by atoms with van der Waals surface area (Å²) in [4.78, 5) is 24.9. The summed E-state index contributed by atoms with van der Waals surface area (Å²) in [6.45, 7) is 2.35. The number of nitrogens with one attached hydrogen (secondary N) is 2. The number of nitrogens with zero attached hydrogens (tertiary/aromatic N) is 2. The van der Waals surface area contributed by atoms with Crippen LogP contribution in [-0.4, -0.2) is 21.6 Å². The van der Waals surface area contributed by atoms with E-state index in [2.05, 4.69) is 15.7 Å². The molecule has 0 saturated heterocycles. The third-order valence-corrected chi connectivity index (χ3v) is 4.66. The van der Waals surface area contributed by atoms with Crippen molar-refractivity contribution >= 4 is 23.3 Å². The molecule has 4 rings (SSSR count). The van der Waals surface area contributed by atoms with E-state index in [1.165, 1.54) is 0 Å². The molecule has 6 heteroatoms. The lowest BCUT2D eigenvalue weighted by molar-refractivity contribution is -0.125. The minimum absolute atomic E-state index is 0.111. The molecule has 1 aliphatic rings. The minimum atomic E-state index is -0.453. The van der Waals surface area contributed by atoms with Crippen molar-refractivity contribution in [3.05, 3.63) is 66.4 Å². The van der Waals surface area contributed by atoms with Crippen LogP contribution >= 0.6 is 0 Å². The van der Waals surface area contributed by atoms with Crippen molar-refractivity contribution < 1.29 is 9.59 Å². The zero-order chi connectivity index (χ0) is 18.8. The van der Waals surface area contributed by atoms with Gasteiger partial charge in [0.1, 0.15) is 5.82 Å². The fraction of sp³-hybridized carbons (Fsp3) is 0.190. The molecule has 0 bridgehead atoms. The molecule has 1 aromatic heterocycles. The van der Waals surface area contributed by atoms with Gasteiger partial charge >= 0.3 is 0 Å². The summed E-state index contributed by atoms with van der Waals surface area (Å²) in [6, 6.07) is 17.4. The first kappa shape index (κ1) is 17.0. The molecule has 3 aromatic rings. The van der Waals surface area contributed by atoms with E-state index in [4.69, 9.17) is 0 Å². The van der Waals surface area contributed by atoms with Gasteiger partial charge in [-0.3, -0.25) is 9.59 Å². The van der Waals surface area contributed by atoms with Crippen LogP contribution in [0.2, 0.25) is 0 Å². The van der Waals surface area contributed by atoms with Crippen molar-refractivity contribution in [1.29, 1.82) is 0 Å². The molecule has 0 aliphatic carbocycles. The van der Waals surface area contributed by atoms with Crippen LogP contribution in [-0.2, 0) is 16.1 Å². The molecule has 2 heterocycles. The standard InChI is InChI=1S/C21H20N4O2/c1-14-6-5-9-17(10-14)23-19(26)11-16-13-25-20(24-21(16)27)18(12-22-25)15-7-3-2-4-8-15/h2-10,12,16H,11,13H2,1H3,(H,23,26)(H,24,27)/t16-/m1/s1. The number of carbonyl (C=O) groups excluding carboxylic acids is 2. The van der Waals surface area contributed by atoms with E-state index in [1.807, 2.05) is 61.5 Å². The molecule has 2 aromatic carbocycles. The first-order valence-electron chi connectivity index (χ1n) is 8.89.